The number of likely N-dealkylation sites (N-methyl/N-ethyl adjacent to an activating group) is 1. The Morgan fingerprint density at radius 3 is 2.33 bits per heavy atom. The smallest absolute Gasteiger partial charge is 0.325 e. The number of fused-ring (bicyclic) bond motifs is 1. The van der Waals surface area contributed by atoms with Crippen LogP contribution >= 0.6 is 0 Å². The van der Waals surface area contributed by atoms with E-state index in [1.54, 1.807) is 13.4 Å². The molecule has 1 fully saturated rings. The summed E-state index contributed by atoms with van der Waals surface area (Å²) in [6, 6.07) is 0. The molecule has 1 saturated heterocycles. The van der Waals surface area contributed by atoms with Crippen molar-refractivity contribution < 1.29 is 0 Å². The van der Waals surface area contributed by atoms with Gasteiger partial charge in [-0.15, -0.1) is 0 Å². The number of aryl methyl sites for hydroxylation is 2. The summed E-state index contributed by atoms with van der Waals surface area (Å²) in [4.78, 5) is 33.5. The van der Waals surface area contributed by atoms with Crippen LogP contribution in [-0.4, -0.2) is 81.3 Å². The van der Waals surface area contributed by atoms with E-state index < -0.39 is 0 Å². The SMILES string of the molecule is CN1CCN(CCCNCCCn2cnc3c2c(=O)n(C)c(=O)n3C)CC1. The Labute approximate surface area is 159 Å². The van der Waals surface area contributed by atoms with Gasteiger partial charge in [0.25, 0.3) is 5.56 Å². The molecular weight excluding hydrogens is 346 g/mol. The molecule has 9 nitrogen and oxygen atoms in total. The summed E-state index contributed by atoms with van der Waals surface area (Å²) in [7, 11) is 5.32. The van der Waals surface area contributed by atoms with Crippen LogP contribution in [0.15, 0.2) is 15.9 Å². The summed E-state index contributed by atoms with van der Waals surface area (Å²) in [5.41, 5.74) is 0.309. The van der Waals surface area contributed by atoms with Crippen molar-refractivity contribution in [2.75, 3.05) is 52.9 Å². The van der Waals surface area contributed by atoms with Crippen molar-refractivity contribution in [1.82, 2.24) is 33.8 Å². The molecule has 1 aliphatic rings. The Morgan fingerprint density at radius 1 is 0.963 bits per heavy atom. The fraction of sp³-hybridized carbons (Fsp3) is 0.722. The molecule has 150 valence electrons. The molecule has 0 unspecified atom stereocenters. The normalized spacial score (nSPS) is 16.4. The van der Waals surface area contributed by atoms with E-state index in [4.69, 9.17) is 0 Å². The third kappa shape index (κ3) is 4.48. The summed E-state index contributed by atoms with van der Waals surface area (Å²) in [5.74, 6) is 0. The summed E-state index contributed by atoms with van der Waals surface area (Å²) < 4.78 is 4.41. The van der Waals surface area contributed by atoms with Crippen molar-refractivity contribution >= 4 is 11.2 Å². The minimum Gasteiger partial charge on any atom is -0.325 e. The lowest BCUT2D eigenvalue weighted by Gasteiger charge is -2.32. The van der Waals surface area contributed by atoms with Crippen LogP contribution in [0.25, 0.3) is 11.2 Å². The molecule has 3 rings (SSSR count). The zero-order chi connectivity index (χ0) is 19.4. The van der Waals surface area contributed by atoms with Crippen molar-refractivity contribution in [2.24, 2.45) is 14.1 Å². The molecule has 0 radical (unpaired) electrons. The van der Waals surface area contributed by atoms with Gasteiger partial charge in [-0.25, -0.2) is 9.78 Å². The number of hydrogen-bond donors (Lipinski definition) is 1. The summed E-state index contributed by atoms with van der Waals surface area (Å²) in [6.45, 7) is 8.42. The van der Waals surface area contributed by atoms with E-state index in [0.717, 1.165) is 50.1 Å². The molecule has 2 aromatic rings. The molecule has 1 aliphatic heterocycles. The van der Waals surface area contributed by atoms with Crippen LogP contribution in [0.3, 0.4) is 0 Å². The highest BCUT2D eigenvalue weighted by molar-refractivity contribution is 5.69. The van der Waals surface area contributed by atoms with Crippen LogP contribution in [0.1, 0.15) is 12.8 Å². The highest BCUT2D eigenvalue weighted by atomic mass is 16.2. The van der Waals surface area contributed by atoms with E-state index >= 15 is 0 Å². The minimum atomic E-state index is -0.347. The molecule has 0 aromatic carbocycles. The standard InChI is InChI=1S/C18H31N7O2/c1-21-10-12-24(13-11-21)8-4-6-19-7-5-9-25-14-20-16-15(25)17(26)23(3)18(27)22(16)2/h14,19H,4-13H2,1-3H3. The molecule has 0 saturated carbocycles. The fourth-order valence-corrected chi connectivity index (χ4v) is 3.57. The van der Waals surface area contributed by atoms with Gasteiger partial charge in [0.05, 0.1) is 6.33 Å². The van der Waals surface area contributed by atoms with Crippen LogP contribution in [-0.2, 0) is 20.6 Å². The second-order valence-electron chi connectivity index (χ2n) is 7.42. The second-order valence-corrected chi connectivity index (χ2v) is 7.42. The Balaban J connectivity index is 1.42. The number of hydrogen-bond acceptors (Lipinski definition) is 6. The lowest BCUT2D eigenvalue weighted by Crippen LogP contribution is -2.45. The van der Waals surface area contributed by atoms with Gasteiger partial charge in [-0.2, -0.15) is 0 Å². The Kier molecular flexibility index (Phi) is 6.46. The molecule has 0 amide bonds. The van der Waals surface area contributed by atoms with Crippen LogP contribution in [0.2, 0.25) is 0 Å². The van der Waals surface area contributed by atoms with E-state index in [2.05, 4.69) is 27.1 Å². The van der Waals surface area contributed by atoms with Gasteiger partial charge in [-0.05, 0) is 39.5 Å². The van der Waals surface area contributed by atoms with Crippen molar-refractivity contribution in [1.29, 1.82) is 0 Å². The first-order valence-corrected chi connectivity index (χ1v) is 9.71. The molecule has 2 aromatic heterocycles. The lowest BCUT2D eigenvalue weighted by atomic mass is 10.3. The molecule has 0 bridgehead atoms. The topological polar surface area (TPSA) is 80.3 Å². The molecule has 0 spiro atoms. The van der Waals surface area contributed by atoms with Gasteiger partial charge in [-0.3, -0.25) is 13.9 Å². The van der Waals surface area contributed by atoms with Crippen LogP contribution in [0.5, 0.6) is 0 Å². The average Bonchev–Trinajstić information content (AvgIpc) is 3.09. The maximum atomic E-state index is 12.4. The molecular formula is C18H31N7O2. The largest absolute Gasteiger partial charge is 0.332 e. The predicted molar refractivity (Wildman–Crippen MR) is 106 cm³/mol. The van der Waals surface area contributed by atoms with E-state index in [1.807, 2.05) is 4.57 Å². The highest BCUT2D eigenvalue weighted by Gasteiger charge is 2.14. The van der Waals surface area contributed by atoms with Crippen molar-refractivity contribution in [3.8, 4) is 0 Å². The quantitative estimate of drug-likeness (QED) is 0.598. The number of nitrogens with zero attached hydrogens (tertiary/aromatic N) is 6. The molecule has 3 heterocycles. The van der Waals surface area contributed by atoms with Crippen LogP contribution in [0, 0.1) is 0 Å². The zero-order valence-corrected chi connectivity index (χ0v) is 16.6. The molecule has 0 atom stereocenters. The fourth-order valence-electron chi connectivity index (χ4n) is 3.57. The Hall–Kier alpha value is -1.97. The van der Waals surface area contributed by atoms with Crippen molar-refractivity contribution in [3.05, 3.63) is 27.2 Å². The van der Waals surface area contributed by atoms with Gasteiger partial charge >= 0.3 is 5.69 Å². The predicted octanol–water partition coefficient (Wildman–Crippen LogP) is -0.949. The van der Waals surface area contributed by atoms with Gasteiger partial charge in [0, 0.05) is 46.8 Å². The maximum Gasteiger partial charge on any atom is 0.332 e. The van der Waals surface area contributed by atoms with E-state index in [9.17, 15) is 9.59 Å². The summed E-state index contributed by atoms with van der Waals surface area (Å²) in [6.07, 6.45) is 3.71. The van der Waals surface area contributed by atoms with Crippen molar-refractivity contribution in [3.63, 3.8) is 0 Å². The zero-order valence-electron chi connectivity index (χ0n) is 16.6. The van der Waals surface area contributed by atoms with Gasteiger partial charge < -0.3 is 19.7 Å². The first-order valence-electron chi connectivity index (χ1n) is 9.71. The number of nitrogens with one attached hydrogen (secondary N) is 1. The molecule has 0 aliphatic carbocycles. The minimum absolute atomic E-state index is 0.286. The van der Waals surface area contributed by atoms with E-state index in [0.29, 0.717) is 17.7 Å². The van der Waals surface area contributed by atoms with Gasteiger partial charge in [-0.1, -0.05) is 0 Å². The number of rotatable bonds is 8. The van der Waals surface area contributed by atoms with Gasteiger partial charge in [0.15, 0.2) is 11.2 Å². The second kappa shape index (κ2) is 8.81. The highest BCUT2D eigenvalue weighted by Crippen LogP contribution is 2.06. The summed E-state index contributed by atoms with van der Waals surface area (Å²) in [5, 5.41) is 3.48. The number of piperazine rings is 1. The van der Waals surface area contributed by atoms with E-state index in [-0.39, 0.29) is 11.2 Å². The van der Waals surface area contributed by atoms with Gasteiger partial charge in [0.2, 0.25) is 0 Å². The number of aromatic nitrogens is 4. The van der Waals surface area contributed by atoms with Crippen molar-refractivity contribution in [2.45, 2.75) is 19.4 Å². The van der Waals surface area contributed by atoms with Gasteiger partial charge in [0.1, 0.15) is 0 Å². The number of imidazole rings is 1. The summed E-state index contributed by atoms with van der Waals surface area (Å²) >= 11 is 0. The average molecular weight is 377 g/mol. The van der Waals surface area contributed by atoms with Crippen LogP contribution < -0.4 is 16.6 Å². The first kappa shape index (κ1) is 19.8. The molecule has 27 heavy (non-hydrogen) atoms. The lowest BCUT2D eigenvalue weighted by molar-refractivity contribution is 0.153. The first-order chi connectivity index (χ1) is 13.0. The van der Waals surface area contributed by atoms with Crippen LogP contribution in [0.4, 0.5) is 0 Å². The van der Waals surface area contributed by atoms with E-state index in [1.165, 1.54) is 24.7 Å². The third-order valence-corrected chi connectivity index (χ3v) is 5.39. The monoisotopic (exact) mass is 377 g/mol. The Bertz CT molecular complexity index is 874. The maximum absolute atomic E-state index is 12.4. The Morgan fingerprint density at radius 2 is 1.63 bits per heavy atom. The molecule has 9 heteroatoms. The molecule has 1 N–H and O–H groups in total. The third-order valence-electron chi connectivity index (χ3n) is 5.39.